The maximum atomic E-state index is 10.8. The minimum atomic E-state index is -3.97. The van der Waals surface area contributed by atoms with Gasteiger partial charge < -0.3 is 0 Å². The highest BCUT2D eigenvalue weighted by Gasteiger charge is 2.28. The van der Waals surface area contributed by atoms with E-state index >= 15 is 0 Å². The van der Waals surface area contributed by atoms with Crippen LogP contribution in [0.2, 0.25) is 0 Å². The van der Waals surface area contributed by atoms with E-state index in [-0.39, 0.29) is 0 Å². The molecule has 6 nitrogen and oxygen atoms in total. The van der Waals surface area contributed by atoms with Crippen molar-refractivity contribution in [2.45, 2.75) is 6.42 Å². The molecule has 1 aliphatic rings. The van der Waals surface area contributed by atoms with Crippen LogP contribution in [0.15, 0.2) is 36.9 Å². The van der Waals surface area contributed by atoms with Gasteiger partial charge in [-0.05, 0) is 24.1 Å². The summed E-state index contributed by atoms with van der Waals surface area (Å²) in [5.41, 5.74) is 3.71. The van der Waals surface area contributed by atoms with Gasteiger partial charge in [-0.2, -0.15) is 8.42 Å². The molecule has 0 aromatic heterocycles. The van der Waals surface area contributed by atoms with Gasteiger partial charge in [0.2, 0.25) is 0 Å². The van der Waals surface area contributed by atoms with E-state index in [1.54, 1.807) is 18.2 Å². The number of hydrogen-bond donors (Lipinski definition) is 1. The van der Waals surface area contributed by atoms with Crippen molar-refractivity contribution in [2.24, 2.45) is 0 Å². The Balaban J connectivity index is 2.14. The Morgan fingerprint density at radius 1 is 1.38 bits per heavy atom. The standard InChI is InChI=1S/C9H10N2O4S/c1-2-3-8-4-6-9(7-5-8)11-10-14-16(12,13)15-11/h2,4-7,10H,1,3H2. The summed E-state index contributed by atoms with van der Waals surface area (Å²) in [5, 5.41) is 0.924. The Morgan fingerprint density at radius 2 is 2.06 bits per heavy atom. The van der Waals surface area contributed by atoms with Crippen LogP contribution in [0.3, 0.4) is 0 Å². The highest BCUT2D eigenvalue weighted by atomic mass is 32.3. The van der Waals surface area contributed by atoms with Gasteiger partial charge in [0.05, 0.1) is 5.69 Å². The third kappa shape index (κ3) is 2.39. The Labute approximate surface area is 93.3 Å². The Kier molecular flexibility index (Phi) is 2.92. The van der Waals surface area contributed by atoms with Crippen molar-refractivity contribution < 1.29 is 17.0 Å². The molecule has 1 aromatic carbocycles. The topological polar surface area (TPSA) is 67.9 Å². The first-order valence-electron chi connectivity index (χ1n) is 4.49. The van der Waals surface area contributed by atoms with E-state index in [9.17, 15) is 8.42 Å². The number of allylic oxidation sites excluding steroid dienone is 1. The van der Waals surface area contributed by atoms with E-state index in [4.69, 9.17) is 0 Å². The van der Waals surface area contributed by atoms with Crippen LogP contribution in [-0.2, 0) is 25.4 Å². The Hall–Kier alpha value is -1.41. The van der Waals surface area contributed by atoms with Crippen LogP contribution in [0.1, 0.15) is 5.56 Å². The van der Waals surface area contributed by atoms with Gasteiger partial charge in [-0.1, -0.05) is 23.8 Å². The molecule has 2 rings (SSSR count). The van der Waals surface area contributed by atoms with Gasteiger partial charge in [0.1, 0.15) is 0 Å². The van der Waals surface area contributed by atoms with Gasteiger partial charge in [0.15, 0.2) is 0 Å². The molecule has 1 heterocycles. The van der Waals surface area contributed by atoms with E-state index in [0.717, 1.165) is 17.2 Å². The summed E-state index contributed by atoms with van der Waals surface area (Å²) in [6.07, 6.45) is 2.54. The number of hydrazine groups is 1. The lowest BCUT2D eigenvalue weighted by atomic mass is 10.1. The van der Waals surface area contributed by atoms with Gasteiger partial charge in [-0.25, -0.2) is 0 Å². The van der Waals surface area contributed by atoms with Crippen LogP contribution in [0.25, 0.3) is 0 Å². The molecular weight excluding hydrogens is 232 g/mol. The number of hydrogen-bond acceptors (Lipinski definition) is 6. The first-order valence-corrected chi connectivity index (χ1v) is 5.83. The van der Waals surface area contributed by atoms with Crippen LogP contribution in [0.5, 0.6) is 0 Å². The lowest BCUT2D eigenvalue weighted by Crippen LogP contribution is -2.28. The lowest BCUT2D eigenvalue weighted by Gasteiger charge is -2.10. The maximum absolute atomic E-state index is 10.8. The predicted octanol–water partition coefficient (Wildman–Crippen LogP) is 0.848. The number of anilines is 1. The highest BCUT2D eigenvalue weighted by Crippen LogP contribution is 2.19. The van der Waals surface area contributed by atoms with Crippen LogP contribution >= 0.6 is 0 Å². The van der Waals surface area contributed by atoms with Gasteiger partial charge in [-0.3, -0.25) is 0 Å². The average Bonchev–Trinajstić information content (AvgIpc) is 2.61. The van der Waals surface area contributed by atoms with Gasteiger partial charge in [-0.15, -0.1) is 20.3 Å². The molecule has 0 atom stereocenters. The molecule has 1 aromatic rings. The van der Waals surface area contributed by atoms with E-state index in [1.807, 2.05) is 12.1 Å². The summed E-state index contributed by atoms with van der Waals surface area (Å²) in [7, 11) is -3.97. The number of nitrogens with one attached hydrogen (secondary N) is 1. The molecule has 0 aliphatic carbocycles. The zero-order valence-corrected chi connectivity index (χ0v) is 9.11. The number of nitrogens with zero attached hydrogens (tertiary/aromatic N) is 1. The molecular formula is C9H10N2O4S. The minimum absolute atomic E-state index is 0.522. The molecule has 16 heavy (non-hydrogen) atoms. The second kappa shape index (κ2) is 4.22. The van der Waals surface area contributed by atoms with Crippen LogP contribution in [-0.4, -0.2) is 8.42 Å². The van der Waals surface area contributed by atoms with Gasteiger partial charge >= 0.3 is 10.4 Å². The molecule has 0 unspecified atom stereocenters. The SMILES string of the molecule is C=CCc1ccc(N2NOS(=O)(=O)O2)cc1. The largest absolute Gasteiger partial charge is 0.440 e. The summed E-state index contributed by atoms with van der Waals surface area (Å²) < 4.78 is 30.3. The fourth-order valence-corrected chi connectivity index (χ4v) is 1.72. The van der Waals surface area contributed by atoms with Gasteiger partial charge in [0, 0.05) is 0 Å². The second-order valence-electron chi connectivity index (χ2n) is 3.11. The van der Waals surface area contributed by atoms with E-state index in [1.165, 1.54) is 0 Å². The Morgan fingerprint density at radius 3 is 2.56 bits per heavy atom. The summed E-state index contributed by atoms with van der Waals surface area (Å²) in [6, 6.07) is 7.09. The summed E-state index contributed by atoms with van der Waals surface area (Å²) >= 11 is 0. The minimum Gasteiger partial charge on any atom is -0.165 e. The molecule has 0 spiro atoms. The molecule has 0 bridgehead atoms. The van der Waals surface area contributed by atoms with E-state index in [0.29, 0.717) is 5.69 Å². The Bertz CT molecular complexity index is 483. The fourth-order valence-electron chi connectivity index (χ4n) is 1.23. The van der Waals surface area contributed by atoms with Crippen LogP contribution < -0.4 is 10.8 Å². The molecule has 7 heteroatoms. The number of rotatable bonds is 3. The zero-order valence-electron chi connectivity index (χ0n) is 8.29. The van der Waals surface area contributed by atoms with E-state index < -0.39 is 10.4 Å². The molecule has 0 saturated carbocycles. The molecule has 1 fully saturated rings. The maximum Gasteiger partial charge on any atom is 0.440 e. The first-order chi connectivity index (χ1) is 7.61. The first kappa shape index (κ1) is 11.1. The van der Waals surface area contributed by atoms with E-state index in [2.05, 4.69) is 20.7 Å². The molecule has 86 valence electrons. The monoisotopic (exact) mass is 242 g/mol. The third-order valence-corrected chi connectivity index (χ3v) is 2.55. The quantitative estimate of drug-likeness (QED) is 0.792. The predicted molar refractivity (Wildman–Crippen MR) is 57.0 cm³/mol. The second-order valence-corrected chi connectivity index (χ2v) is 4.24. The van der Waals surface area contributed by atoms with Crippen LogP contribution in [0.4, 0.5) is 5.69 Å². The van der Waals surface area contributed by atoms with Crippen molar-refractivity contribution >= 4 is 16.1 Å². The van der Waals surface area contributed by atoms with Crippen LogP contribution in [0, 0.1) is 0 Å². The smallest absolute Gasteiger partial charge is 0.165 e. The fraction of sp³-hybridized carbons (Fsp3) is 0.111. The third-order valence-electron chi connectivity index (χ3n) is 1.94. The number of benzene rings is 1. The highest BCUT2D eigenvalue weighted by molar-refractivity contribution is 7.82. The molecule has 1 saturated heterocycles. The van der Waals surface area contributed by atoms with Crippen molar-refractivity contribution in [1.82, 2.24) is 5.59 Å². The average molecular weight is 242 g/mol. The summed E-state index contributed by atoms with van der Waals surface area (Å²) in [5.74, 6) is 0. The lowest BCUT2D eigenvalue weighted by molar-refractivity contribution is 0.198. The molecule has 0 amide bonds. The normalized spacial score (nSPS) is 18.6. The molecule has 1 N–H and O–H groups in total. The molecule has 0 radical (unpaired) electrons. The summed E-state index contributed by atoms with van der Waals surface area (Å²) in [6.45, 7) is 3.63. The summed E-state index contributed by atoms with van der Waals surface area (Å²) in [4.78, 5) is 0. The zero-order chi connectivity index (χ0) is 11.6. The van der Waals surface area contributed by atoms with Crippen molar-refractivity contribution in [2.75, 3.05) is 5.17 Å². The molecule has 1 aliphatic heterocycles. The van der Waals surface area contributed by atoms with Crippen molar-refractivity contribution in [1.29, 1.82) is 0 Å². The van der Waals surface area contributed by atoms with Crippen molar-refractivity contribution in [3.63, 3.8) is 0 Å². The van der Waals surface area contributed by atoms with Crippen molar-refractivity contribution in [3.8, 4) is 0 Å². The van der Waals surface area contributed by atoms with Crippen molar-refractivity contribution in [3.05, 3.63) is 42.5 Å². The van der Waals surface area contributed by atoms with Gasteiger partial charge in [0.25, 0.3) is 0 Å².